The van der Waals surface area contributed by atoms with Gasteiger partial charge in [0.15, 0.2) is 0 Å². The first-order valence-electron chi connectivity index (χ1n) is 6.58. The summed E-state index contributed by atoms with van der Waals surface area (Å²) >= 11 is 5.73. The summed E-state index contributed by atoms with van der Waals surface area (Å²) in [7, 11) is 0. The van der Waals surface area contributed by atoms with Crippen LogP contribution in [-0.4, -0.2) is 18.5 Å². The maximum atomic E-state index is 13.3. The van der Waals surface area contributed by atoms with E-state index in [0.717, 1.165) is 12.1 Å². The molecule has 21 heavy (non-hydrogen) atoms. The number of hydrogen-bond acceptors (Lipinski definition) is 3. The van der Waals surface area contributed by atoms with Gasteiger partial charge in [-0.15, -0.1) is 0 Å². The van der Waals surface area contributed by atoms with Crippen molar-refractivity contribution in [2.24, 2.45) is 11.3 Å². The molecule has 6 heteroatoms. The number of carbonyl (C=O) groups is 2. The third-order valence-corrected chi connectivity index (χ3v) is 3.00. The van der Waals surface area contributed by atoms with Gasteiger partial charge in [0.05, 0.1) is 6.61 Å². The molecule has 1 N–H and O–H groups in total. The highest BCUT2D eigenvalue weighted by molar-refractivity contribution is 6.31. The second-order valence-electron chi connectivity index (χ2n) is 5.70. The summed E-state index contributed by atoms with van der Waals surface area (Å²) in [4.78, 5) is 24.3. The number of halogens is 2. The lowest BCUT2D eigenvalue weighted by Gasteiger charge is -2.27. The maximum Gasteiger partial charge on any atom is 0.319 e. The number of amides is 1. The highest BCUT2D eigenvalue weighted by atomic mass is 35.5. The number of ether oxygens (including phenoxy) is 1. The van der Waals surface area contributed by atoms with Crippen molar-refractivity contribution in [3.05, 3.63) is 29.0 Å². The van der Waals surface area contributed by atoms with E-state index in [0.29, 0.717) is 0 Å². The largest absolute Gasteiger partial charge is 0.465 e. The molecule has 1 amide bonds. The number of rotatable bonds is 4. The summed E-state index contributed by atoms with van der Waals surface area (Å²) in [6.07, 6.45) is 0. The van der Waals surface area contributed by atoms with Crippen LogP contribution in [0.2, 0.25) is 5.02 Å². The molecule has 1 rings (SSSR count). The van der Waals surface area contributed by atoms with Crippen LogP contribution in [0.1, 0.15) is 27.7 Å². The van der Waals surface area contributed by atoms with Gasteiger partial charge in [0, 0.05) is 10.7 Å². The predicted octanol–water partition coefficient (Wildman–Crippen LogP) is 3.64. The Morgan fingerprint density at radius 3 is 2.43 bits per heavy atom. The van der Waals surface area contributed by atoms with Crippen molar-refractivity contribution in [3.63, 3.8) is 0 Å². The van der Waals surface area contributed by atoms with Crippen LogP contribution in [0.5, 0.6) is 0 Å². The quantitative estimate of drug-likeness (QED) is 0.681. The van der Waals surface area contributed by atoms with Crippen molar-refractivity contribution in [3.8, 4) is 0 Å². The first-order valence-corrected chi connectivity index (χ1v) is 6.96. The number of benzene rings is 1. The molecule has 1 aromatic rings. The Morgan fingerprint density at radius 1 is 1.33 bits per heavy atom. The van der Waals surface area contributed by atoms with Gasteiger partial charge >= 0.3 is 5.97 Å². The van der Waals surface area contributed by atoms with Gasteiger partial charge in [0.2, 0.25) is 5.91 Å². The summed E-state index contributed by atoms with van der Waals surface area (Å²) in [6.45, 7) is 7.12. The monoisotopic (exact) mass is 315 g/mol. The van der Waals surface area contributed by atoms with Crippen LogP contribution < -0.4 is 5.32 Å². The Balaban J connectivity index is 2.98. The molecule has 0 heterocycles. The van der Waals surface area contributed by atoms with Gasteiger partial charge in [-0.1, -0.05) is 32.4 Å². The summed E-state index contributed by atoms with van der Waals surface area (Å²) < 4.78 is 18.2. The topological polar surface area (TPSA) is 55.4 Å². The van der Waals surface area contributed by atoms with E-state index in [1.165, 1.54) is 6.07 Å². The van der Waals surface area contributed by atoms with E-state index in [1.54, 1.807) is 27.7 Å². The number of anilines is 1. The van der Waals surface area contributed by atoms with Crippen LogP contribution in [0, 0.1) is 17.2 Å². The van der Waals surface area contributed by atoms with E-state index in [1.807, 2.05) is 0 Å². The Labute approximate surface area is 128 Å². The number of hydrogen-bond donors (Lipinski definition) is 1. The normalized spacial score (nSPS) is 12.7. The zero-order chi connectivity index (χ0) is 16.2. The summed E-state index contributed by atoms with van der Waals surface area (Å²) in [5.74, 6) is -2.73. The van der Waals surface area contributed by atoms with E-state index in [9.17, 15) is 14.0 Å². The standard InChI is InChI=1S/C15H19ClFNO3/c1-5-21-14(20)12(15(2,3)4)13(19)18-11-7-9(16)6-10(17)8-11/h6-8,12H,5H2,1-4H3,(H,18,19). The highest BCUT2D eigenvalue weighted by Gasteiger charge is 2.39. The van der Waals surface area contributed by atoms with Gasteiger partial charge in [-0.05, 0) is 30.5 Å². The van der Waals surface area contributed by atoms with Crippen molar-refractivity contribution < 1.29 is 18.7 Å². The van der Waals surface area contributed by atoms with E-state index >= 15 is 0 Å². The van der Waals surface area contributed by atoms with Crippen LogP contribution in [0.4, 0.5) is 10.1 Å². The van der Waals surface area contributed by atoms with Crippen LogP contribution in [-0.2, 0) is 14.3 Å². The van der Waals surface area contributed by atoms with Crippen LogP contribution >= 0.6 is 11.6 Å². The third-order valence-electron chi connectivity index (χ3n) is 2.78. The maximum absolute atomic E-state index is 13.3. The van der Waals surface area contributed by atoms with Gasteiger partial charge in [-0.2, -0.15) is 0 Å². The molecular formula is C15H19ClFNO3. The van der Waals surface area contributed by atoms with Crippen LogP contribution in [0.25, 0.3) is 0 Å². The fourth-order valence-corrected chi connectivity index (χ4v) is 2.14. The molecule has 0 bridgehead atoms. The smallest absolute Gasteiger partial charge is 0.319 e. The fourth-order valence-electron chi connectivity index (χ4n) is 1.92. The molecule has 1 unspecified atom stereocenters. The minimum atomic E-state index is -1.00. The Morgan fingerprint density at radius 2 is 1.95 bits per heavy atom. The van der Waals surface area contributed by atoms with Crippen molar-refractivity contribution >= 4 is 29.2 Å². The lowest BCUT2D eigenvalue weighted by Crippen LogP contribution is -2.40. The third kappa shape index (κ3) is 5.01. The minimum Gasteiger partial charge on any atom is -0.465 e. The highest BCUT2D eigenvalue weighted by Crippen LogP contribution is 2.29. The van der Waals surface area contributed by atoms with E-state index in [-0.39, 0.29) is 17.3 Å². The van der Waals surface area contributed by atoms with Gasteiger partial charge in [0.25, 0.3) is 0 Å². The SMILES string of the molecule is CCOC(=O)C(C(=O)Nc1cc(F)cc(Cl)c1)C(C)(C)C. The van der Waals surface area contributed by atoms with Crippen LogP contribution in [0.3, 0.4) is 0 Å². The number of carbonyl (C=O) groups excluding carboxylic acids is 2. The molecule has 1 aromatic carbocycles. The van der Waals surface area contributed by atoms with Crippen molar-refractivity contribution in [1.82, 2.24) is 0 Å². The molecular weight excluding hydrogens is 297 g/mol. The molecule has 0 aliphatic heterocycles. The second kappa shape index (κ2) is 6.89. The summed E-state index contributed by atoms with van der Waals surface area (Å²) in [6, 6.07) is 3.67. The molecule has 0 aliphatic rings. The van der Waals surface area contributed by atoms with E-state index < -0.39 is 29.0 Å². The van der Waals surface area contributed by atoms with Gasteiger partial charge in [-0.25, -0.2) is 4.39 Å². The Kier molecular flexibility index (Phi) is 5.72. The minimum absolute atomic E-state index is 0.161. The molecule has 0 aromatic heterocycles. The first-order chi connectivity index (χ1) is 9.65. The average Bonchev–Trinajstić information content (AvgIpc) is 2.25. The molecule has 0 saturated carbocycles. The van der Waals surface area contributed by atoms with Crippen molar-refractivity contribution in [2.75, 3.05) is 11.9 Å². The van der Waals surface area contributed by atoms with Gasteiger partial charge in [-0.3, -0.25) is 9.59 Å². The van der Waals surface area contributed by atoms with Crippen molar-refractivity contribution in [2.45, 2.75) is 27.7 Å². The molecule has 0 fully saturated rings. The lowest BCUT2D eigenvalue weighted by atomic mass is 9.80. The number of esters is 1. The zero-order valence-corrected chi connectivity index (χ0v) is 13.3. The van der Waals surface area contributed by atoms with E-state index in [4.69, 9.17) is 16.3 Å². The molecule has 0 spiro atoms. The number of nitrogens with one attached hydrogen (secondary N) is 1. The lowest BCUT2D eigenvalue weighted by molar-refractivity contribution is -0.155. The second-order valence-corrected chi connectivity index (χ2v) is 6.13. The average molecular weight is 316 g/mol. The molecule has 0 saturated heterocycles. The molecule has 0 radical (unpaired) electrons. The van der Waals surface area contributed by atoms with Crippen molar-refractivity contribution in [1.29, 1.82) is 0 Å². The Bertz CT molecular complexity index is 520. The molecule has 0 aliphatic carbocycles. The predicted molar refractivity (Wildman–Crippen MR) is 79.6 cm³/mol. The van der Waals surface area contributed by atoms with Gasteiger partial charge in [0.1, 0.15) is 11.7 Å². The first kappa shape index (κ1) is 17.4. The van der Waals surface area contributed by atoms with Gasteiger partial charge < -0.3 is 10.1 Å². The Hall–Kier alpha value is -1.62. The summed E-state index contributed by atoms with van der Waals surface area (Å²) in [5, 5.41) is 2.67. The zero-order valence-electron chi connectivity index (χ0n) is 12.5. The van der Waals surface area contributed by atoms with E-state index in [2.05, 4.69) is 5.32 Å². The molecule has 116 valence electrons. The van der Waals surface area contributed by atoms with Crippen LogP contribution in [0.15, 0.2) is 18.2 Å². The molecule has 4 nitrogen and oxygen atoms in total. The molecule has 1 atom stereocenters. The summed E-state index contributed by atoms with van der Waals surface area (Å²) in [5.41, 5.74) is -0.434. The fraction of sp³-hybridized carbons (Fsp3) is 0.467.